The van der Waals surface area contributed by atoms with Crippen molar-refractivity contribution in [2.45, 2.75) is 10.8 Å². The first-order valence-electron chi connectivity index (χ1n) is 7.04. The quantitative estimate of drug-likeness (QED) is 0.776. The maximum Gasteiger partial charge on any atom is 0.246 e. The molecule has 114 valence electrons. The topological polar surface area (TPSA) is 20.3 Å². The number of amides is 1. The Morgan fingerprint density at radius 2 is 1.86 bits per heavy atom. The fourth-order valence-electron chi connectivity index (χ4n) is 2.54. The molecule has 2 atom stereocenters. The van der Waals surface area contributed by atoms with E-state index in [-0.39, 0.29) is 17.1 Å². The van der Waals surface area contributed by atoms with Crippen LogP contribution in [-0.2, 0) is 4.79 Å². The number of nitrogens with zero attached hydrogens (tertiary/aromatic N) is 1. The van der Waals surface area contributed by atoms with Crippen LogP contribution in [-0.4, -0.2) is 23.1 Å². The van der Waals surface area contributed by atoms with E-state index in [2.05, 4.69) is 0 Å². The van der Waals surface area contributed by atoms with Crippen molar-refractivity contribution in [3.63, 3.8) is 0 Å². The summed E-state index contributed by atoms with van der Waals surface area (Å²) in [6, 6.07) is 15.8. The van der Waals surface area contributed by atoms with E-state index < -0.39 is 5.38 Å². The van der Waals surface area contributed by atoms with Gasteiger partial charge in [-0.2, -0.15) is 0 Å². The summed E-state index contributed by atoms with van der Waals surface area (Å²) >= 11 is 7.90. The average molecular weight is 336 g/mol. The molecule has 22 heavy (non-hydrogen) atoms. The average Bonchev–Trinajstić information content (AvgIpc) is 3.04. The smallest absolute Gasteiger partial charge is 0.246 e. The molecule has 2 unspecified atom stereocenters. The van der Waals surface area contributed by atoms with Crippen LogP contribution in [0.4, 0.5) is 4.39 Å². The van der Waals surface area contributed by atoms with Gasteiger partial charge in [0, 0.05) is 17.9 Å². The Kier molecular flexibility index (Phi) is 4.69. The van der Waals surface area contributed by atoms with Gasteiger partial charge in [-0.1, -0.05) is 48.5 Å². The second-order valence-electron chi connectivity index (χ2n) is 5.05. The Morgan fingerprint density at radius 1 is 1.18 bits per heavy atom. The highest BCUT2D eigenvalue weighted by Crippen LogP contribution is 2.41. The highest BCUT2D eigenvalue weighted by molar-refractivity contribution is 7.99. The molecule has 0 bridgehead atoms. The molecule has 1 aliphatic rings. The van der Waals surface area contributed by atoms with Gasteiger partial charge in [0.25, 0.3) is 0 Å². The van der Waals surface area contributed by atoms with E-state index in [0.717, 1.165) is 11.3 Å². The summed E-state index contributed by atoms with van der Waals surface area (Å²) in [6.45, 7) is 0.582. The number of carbonyl (C=O) groups excluding carboxylic acids is 1. The zero-order valence-electron chi connectivity index (χ0n) is 11.8. The van der Waals surface area contributed by atoms with Crippen LogP contribution in [0, 0.1) is 5.82 Å². The van der Waals surface area contributed by atoms with Crippen LogP contribution < -0.4 is 0 Å². The van der Waals surface area contributed by atoms with Crippen molar-refractivity contribution in [2.24, 2.45) is 0 Å². The summed E-state index contributed by atoms with van der Waals surface area (Å²) in [5.74, 6) is 0.319. The number of benzene rings is 2. The van der Waals surface area contributed by atoms with Gasteiger partial charge in [0.15, 0.2) is 0 Å². The van der Waals surface area contributed by atoms with Gasteiger partial charge in [-0.3, -0.25) is 4.79 Å². The van der Waals surface area contributed by atoms with Gasteiger partial charge in [0.2, 0.25) is 5.91 Å². The molecule has 1 fully saturated rings. The molecule has 1 heterocycles. The molecular formula is C17H15ClFNOS. The van der Waals surface area contributed by atoms with Crippen molar-refractivity contribution in [1.82, 2.24) is 4.90 Å². The lowest BCUT2D eigenvalue weighted by Gasteiger charge is -2.26. The minimum absolute atomic E-state index is 0.175. The predicted molar refractivity (Wildman–Crippen MR) is 88.3 cm³/mol. The predicted octanol–water partition coefficient (Wildman–Crippen LogP) is 4.38. The lowest BCUT2D eigenvalue weighted by atomic mass is 10.1. The molecule has 5 heteroatoms. The summed E-state index contributed by atoms with van der Waals surface area (Å²) < 4.78 is 14.0. The van der Waals surface area contributed by atoms with E-state index in [9.17, 15) is 9.18 Å². The summed E-state index contributed by atoms with van der Waals surface area (Å²) in [5, 5.41) is -1.05. The van der Waals surface area contributed by atoms with Crippen LogP contribution in [0.25, 0.3) is 0 Å². The zero-order valence-corrected chi connectivity index (χ0v) is 13.4. The largest absolute Gasteiger partial charge is 0.324 e. The zero-order chi connectivity index (χ0) is 15.5. The van der Waals surface area contributed by atoms with E-state index in [0.29, 0.717) is 12.1 Å². The fourth-order valence-corrected chi connectivity index (χ4v) is 4.10. The molecule has 3 rings (SSSR count). The number of hydrogen-bond donors (Lipinski definition) is 0. The van der Waals surface area contributed by atoms with Gasteiger partial charge >= 0.3 is 0 Å². The first kappa shape index (κ1) is 15.4. The van der Waals surface area contributed by atoms with Gasteiger partial charge in [0.05, 0.1) is 0 Å². The highest BCUT2D eigenvalue weighted by Gasteiger charge is 2.35. The third kappa shape index (κ3) is 2.99. The third-order valence-electron chi connectivity index (χ3n) is 3.65. The number of halogens is 2. The molecule has 1 amide bonds. The van der Waals surface area contributed by atoms with Crippen molar-refractivity contribution in [1.29, 1.82) is 0 Å². The van der Waals surface area contributed by atoms with E-state index in [1.165, 1.54) is 6.07 Å². The Hall–Kier alpha value is -1.52. The molecule has 0 radical (unpaired) electrons. The molecule has 0 N–H and O–H groups in total. The van der Waals surface area contributed by atoms with Crippen LogP contribution in [0.5, 0.6) is 0 Å². The van der Waals surface area contributed by atoms with Crippen LogP contribution in [0.1, 0.15) is 21.9 Å². The monoisotopic (exact) mass is 335 g/mol. The molecule has 0 aliphatic carbocycles. The second-order valence-corrected chi connectivity index (χ2v) is 6.67. The minimum Gasteiger partial charge on any atom is -0.324 e. The van der Waals surface area contributed by atoms with Crippen molar-refractivity contribution in [3.05, 3.63) is 71.5 Å². The third-order valence-corrected chi connectivity index (χ3v) is 5.34. The van der Waals surface area contributed by atoms with Crippen LogP contribution in [0.15, 0.2) is 54.6 Å². The van der Waals surface area contributed by atoms with E-state index in [1.54, 1.807) is 34.9 Å². The van der Waals surface area contributed by atoms with E-state index in [1.807, 2.05) is 30.3 Å². The van der Waals surface area contributed by atoms with Gasteiger partial charge in [-0.05, 0) is 11.6 Å². The SMILES string of the molecule is O=C(C(Cl)c1ccccc1)N1CCSC1c1ccccc1F. The summed E-state index contributed by atoms with van der Waals surface area (Å²) in [5.41, 5.74) is 1.30. The molecule has 2 aromatic rings. The maximum absolute atomic E-state index is 14.0. The molecule has 0 aromatic heterocycles. The highest BCUT2D eigenvalue weighted by atomic mass is 35.5. The van der Waals surface area contributed by atoms with Crippen molar-refractivity contribution < 1.29 is 9.18 Å². The van der Waals surface area contributed by atoms with Crippen LogP contribution in [0.2, 0.25) is 0 Å². The number of rotatable bonds is 3. The molecule has 1 saturated heterocycles. The first-order chi connectivity index (χ1) is 10.7. The molecule has 0 saturated carbocycles. The van der Waals surface area contributed by atoms with Gasteiger partial charge in [-0.15, -0.1) is 23.4 Å². The lowest BCUT2D eigenvalue weighted by Crippen LogP contribution is -2.33. The second kappa shape index (κ2) is 6.71. The fraction of sp³-hybridized carbons (Fsp3) is 0.235. The number of hydrogen-bond acceptors (Lipinski definition) is 2. The molecule has 0 spiro atoms. The van der Waals surface area contributed by atoms with Crippen molar-refractivity contribution in [3.8, 4) is 0 Å². The van der Waals surface area contributed by atoms with Crippen molar-refractivity contribution >= 4 is 29.3 Å². The molecular weight excluding hydrogens is 321 g/mol. The number of thioether (sulfide) groups is 1. The first-order valence-corrected chi connectivity index (χ1v) is 8.52. The molecule has 2 nitrogen and oxygen atoms in total. The van der Waals surface area contributed by atoms with Crippen molar-refractivity contribution in [2.75, 3.05) is 12.3 Å². The molecule has 1 aliphatic heterocycles. The van der Waals surface area contributed by atoms with E-state index >= 15 is 0 Å². The van der Waals surface area contributed by atoms with E-state index in [4.69, 9.17) is 11.6 Å². The Balaban J connectivity index is 1.84. The lowest BCUT2D eigenvalue weighted by molar-refractivity contribution is -0.131. The van der Waals surface area contributed by atoms with Gasteiger partial charge in [-0.25, -0.2) is 4.39 Å². The number of alkyl halides is 1. The van der Waals surface area contributed by atoms with Gasteiger partial charge < -0.3 is 4.90 Å². The van der Waals surface area contributed by atoms with Crippen LogP contribution in [0.3, 0.4) is 0 Å². The molecule has 2 aromatic carbocycles. The summed E-state index contributed by atoms with van der Waals surface area (Å²) in [6.07, 6.45) is 0. The summed E-state index contributed by atoms with van der Waals surface area (Å²) in [7, 11) is 0. The minimum atomic E-state index is -0.742. The summed E-state index contributed by atoms with van der Waals surface area (Å²) in [4.78, 5) is 14.4. The Labute approximate surface area is 138 Å². The van der Waals surface area contributed by atoms with Gasteiger partial charge in [0.1, 0.15) is 16.6 Å². The normalized spacial score (nSPS) is 19.2. The Morgan fingerprint density at radius 3 is 2.59 bits per heavy atom. The van der Waals surface area contributed by atoms with Crippen LogP contribution >= 0.6 is 23.4 Å². The standard InChI is InChI=1S/C17H15ClFNOS/c18-15(12-6-2-1-3-7-12)16(21)20-10-11-22-17(20)13-8-4-5-9-14(13)19/h1-9,15,17H,10-11H2. The maximum atomic E-state index is 14.0. The number of carbonyl (C=O) groups is 1. The Bertz CT molecular complexity index is 667.